The van der Waals surface area contributed by atoms with Gasteiger partial charge in [-0.2, -0.15) is 5.10 Å². The van der Waals surface area contributed by atoms with E-state index in [1.54, 1.807) is 0 Å². The van der Waals surface area contributed by atoms with E-state index >= 15 is 0 Å². The van der Waals surface area contributed by atoms with Gasteiger partial charge in [-0.15, -0.1) is 5.10 Å². The lowest BCUT2D eigenvalue weighted by molar-refractivity contribution is 0.583. The summed E-state index contributed by atoms with van der Waals surface area (Å²) in [5, 5.41) is 7.46. The monoisotopic (exact) mass is 304 g/mol. The minimum Gasteiger partial charge on any atom is -0.207 e. The molecule has 0 aliphatic rings. The summed E-state index contributed by atoms with van der Waals surface area (Å²) >= 11 is 0. The fourth-order valence-electron chi connectivity index (χ4n) is 2.14. The van der Waals surface area contributed by atoms with Gasteiger partial charge in [-0.25, -0.2) is 17.6 Å². The van der Waals surface area contributed by atoms with Gasteiger partial charge in [-0.3, -0.25) is 0 Å². The molecule has 0 amide bonds. The minimum atomic E-state index is -0.843. The molecule has 0 saturated heterocycles. The molecule has 3 rings (SSSR count). The van der Waals surface area contributed by atoms with Gasteiger partial charge in [-0.1, -0.05) is 0 Å². The highest BCUT2D eigenvalue weighted by Gasteiger charge is 2.16. The second-order valence-electron chi connectivity index (χ2n) is 4.54. The molecule has 2 aromatic carbocycles. The molecule has 1 aromatic heterocycles. The van der Waals surface area contributed by atoms with Gasteiger partial charge in [0.25, 0.3) is 0 Å². The van der Waals surface area contributed by atoms with Crippen LogP contribution in [-0.4, -0.2) is 10.2 Å². The Morgan fingerprint density at radius 3 is 1.82 bits per heavy atom. The molecule has 0 N–H and O–H groups in total. The van der Waals surface area contributed by atoms with E-state index in [4.69, 9.17) is 0 Å². The van der Waals surface area contributed by atoms with Gasteiger partial charge < -0.3 is 0 Å². The normalized spacial score (nSPS) is 10.7. The van der Waals surface area contributed by atoms with Gasteiger partial charge in [-0.05, 0) is 30.3 Å². The van der Waals surface area contributed by atoms with Crippen molar-refractivity contribution in [3.05, 3.63) is 71.9 Å². The smallest absolute Gasteiger partial charge is 0.135 e. The van der Waals surface area contributed by atoms with Crippen LogP contribution in [0.1, 0.15) is 0 Å². The van der Waals surface area contributed by atoms with Crippen LogP contribution in [0.5, 0.6) is 0 Å². The van der Waals surface area contributed by atoms with E-state index in [1.165, 1.54) is 24.4 Å². The number of benzene rings is 2. The van der Waals surface area contributed by atoms with Crippen LogP contribution in [0.25, 0.3) is 22.4 Å². The standard InChI is InChI=1S/C16H8F4N2/c17-9-1-3-11(14(19)7-9)12-5-6-21-22-16(12)13-4-2-10(18)8-15(13)20/h1-8H. The van der Waals surface area contributed by atoms with Gasteiger partial charge >= 0.3 is 0 Å². The lowest BCUT2D eigenvalue weighted by Crippen LogP contribution is -1.96. The van der Waals surface area contributed by atoms with Crippen molar-refractivity contribution < 1.29 is 17.6 Å². The third-order valence-corrected chi connectivity index (χ3v) is 3.13. The zero-order valence-electron chi connectivity index (χ0n) is 11.0. The first-order chi connectivity index (χ1) is 10.6. The Bertz CT molecular complexity index is 779. The zero-order chi connectivity index (χ0) is 15.7. The first-order valence-electron chi connectivity index (χ1n) is 6.29. The molecule has 3 aromatic rings. The number of nitrogens with zero attached hydrogens (tertiary/aromatic N) is 2. The Balaban J connectivity index is 2.22. The molecule has 0 atom stereocenters. The molecule has 0 spiro atoms. The molecule has 110 valence electrons. The highest BCUT2D eigenvalue weighted by Crippen LogP contribution is 2.33. The number of aromatic nitrogens is 2. The third kappa shape index (κ3) is 2.55. The molecule has 0 saturated carbocycles. The second kappa shape index (κ2) is 5.55. The molecule has 0 unspecified atom stereocenters. The van der Waals surface area contributed by atoms with Crippen molar-refractivity contribution in [1.29, 1.82) is 0 Å². The molecule has 0 radical (unpaired) electrons. The Hall–Kier alpha value is -2.76. The van der Waals surface area contributed by atoms with Crippen LogP contribution >= 0.6 is 0 Å². The molecule has 2 nitrogen and oxygen atoms in total. The molecular weight excluding hydrogens is 296 g/mol. The molecule has 22 heavy (non-hydrogen) atoms. The number of hydrogen-bond acceptors (Lipinski definition) is 2. The van der Waals surface area contributed by atoms with E-state index in [1.807, 2.05) is 0 Å². The van der Waals surface area contributed by atoms with Gasteiger partial charge in [0.15, 0.2) is 0 Å². The van der Waals surface area contributed by atoms with Crippen molar-refractivity contribution >= 4 is 0 Å². The van der Waals surface area contributed by atoms with Crippen molar-refractivity contribution in [2.24, 2.45) is 0 Å². The molecule has 0 aliphatic carbocycles. The largest absolute Gasteiger partial charge is 0.207 e. The Labute approximate surface area is 123 Å². The topological polar surface area (TPSA) is 25.8 Å². The lowest BCUT2D eigenvalue weighted by Gasteiger charge is -2.10. The molecular formula is C16H8F4N2. The molecule has 1 heterocycles. The lowest BCUT2D eigenvalue weighted by atomic mass is 9.99. The van der Waals surface area contributed by atoms with Crippen molar-refractivity contribution in [3.8, 4) is 22.4 Å². The molecule has 6 heteroatoms. The van der Waals surface area contributed by atoms with Crippen LogP contribution < -0.4 is 0 Å². The summed E-state index contributed by atoms with van der Waals surface area (Å²) in [5.74, 6) is -3.11. The SMILES string of the molecule is Fc1ccc(-c2ccnnc2-c2ccc(F)cc2F)c(F)c1. The quantitative estimate of drug-likeness (QED) is 0.657. The highest BCUT2D eigenvalue weighted by molar-refractivity contribution is 5.80. The van der Waals surface area contributed by atoms with Crippen LogP contribution in [0, 0.1) is 23.3 Å². The van der Waals surface area contributed by atoms with Gasteiger partial charge in [0.1, 0.15) is 29.0 Å². The summed E-state index contributed by atoms with van der Waals surface area (Å²) < 4.78 is 53.9. The van der Waals surface area contributed by atoms with E-state index in [0.29, 0.717) is 6.07 Å². The highest BCUT2D eigenvalue weighted by atomic mass is 19.1. The van der Waals surface area contributed by atoms with Crippen molar-refractivity contribution in [2.45, 2.75) is 0 Å². The van der Waals surface area contributed by atoms with E-state index < -0.39 is 23.3 Å². The fourth-order valence-corrected chi connectivity index (χ4v) is 2.14. The van der Waals surface area contributed by atoms with E-state index in [0.717, 1.165) is 18.2 Å². The van der Waals surface area contributed by atoms with Crippen molar-refractivity contribution in [2.75, 3.05) is 0 Å². The van der Waals surface area contributed by atoms with E-state index in [-0.39, 0.29) is 22.4 Å². The van der Waals surface area contributed by atoms with Crippen molar-refractivity contribution in [3.63, 3.8) is 0 Å². The molecule has 0 fully saturated rings. The van der Waals surface area contributed by atoms with Crippen LogP contribution in [0.15, 0.2) is 48.7 Å². The average Bonchev–Trinajstić information content (AvgIpc) is 2.48. The summed E-state index contributed by atoms with van der Waals surface area (Å²) in [6.45, 7) is 0. The summed E-state index contributed by atoms with van der Waals surface area (Å²) in [6.07, 6.45) is 1.31. The fraction of sp³-hybridized carbons (Fsp3) is 0. The van der Waals surface area contributed by atoms with Gasteiger partial charge in [0.05, 0.1) is 6.20 Å². The summed E-state index contributed by atoms with van der Waals surface area (Å²) in [6, 6.07) is 7.44. The predicted molar refractivity (Wildman–Crippen MR) is 72.7 cm³/mol. The first-order valence-corrected chi connectivity index (χ1v) is 6.29. The number of rotatable bonds is 2. The third-order valence-electron chi connectivity index (χ3n) is 3.13. The van der Waals surface area contributed by atoms with E-state index in [2.05, 4.69) is 10.2 Å². The second-order valence-corrected chi connectivity index (χ2v) is 4.54. The molecule has 0 aliphatic heterocycles. The van der Waals surface area contributed by atoms with Crippen LogP contribution in [0.2, 0.25) is 0 Å². The van der Waals surface area contributed by atoms with Gasteiger partial charge in [0, 0.05) is 28.8 Å². The van der Waals surface area contributed by atoms with Crippen LogP contribution in [0.4, 0.5) is 17.6 Å². The molecule has 0 bridgehead atoms. The average molecular weight is 304 g/mol. The predicted octanol–water partition coefficient (Wildman–Crippen LogP) is 4.37. The first kappa shape index (κ1) is 14.2. The van der Waals surface area contributed by atoms with E-state index in [9.17, 15) is 17.6 Å². The Kier molecular flexibility index (Phi) is 3.58. The Morgan fingerprint density at radius 2 is 1.23 bits per heavy atom. The Morgan fingerprint density at radius 1 is 0.636 bits per heavy atom. The summed E-state index contributed by atoms with van der Waals surface area (Å²) in [7, 11) is 0. The maximum Gasteiger partial charge on any atom is 0.135 e. The van der Waals surface area contributed by atoms with Gasteiger partial charge in [0.2, 0.25) is 0 Å². The number of halogens is 4. The maximum absolute atomic E-state index is 14.0. The van der Waals surface area contributed by atoms with Crippen LogP contribution in [-0.2, 0) is 0 Å². The minimum absolute atomic E-state index is 0.0202. The zero-order valence-corrected chi connectivity index (χ0v) is 11.0. The summed E-state index contributed by atoms with van der Waals surface area (Å²) in [5.41, 5.74) is 0.312. The maximum atomic E-state index is 14.0. The van der Waals surface area contributed by atoms with Crippen LogP contribution in [0.3, 0.4) is 0 Å². The number of hydrogen-bond donors (Lipinski definition) is 0. The van der Waals surface area contributed by atoms with Crippen molar-refractivity contribution in [1.82, 2.24) is 10.2 Å². The summed E-state index contributed by atoms with van der Waals surface area (Å²) in [4.78, 5) is 0.